The molecule has 0 saturated heterocycles. The second kappa shape index (κ2) is 4.50. The Morgan fingerprint density at radius 2 is 2.28 bits per heavy atom. The Hall–Kier alpha value is -1.74. The summed E-state index contributed by atoms with van der Waals surface area (Å²) in [6.45, 7) is 0.235. The van der Waals surface area contributed by atoms with Crippen molar-refractivity contribution in [3.63, 3.8) is 0 Å². The first-order chi connectivity index (χ1) is 8.36. The average molecular weight is 287 g/mol. The number of hydrogen-bond donors (Lipinski definition) is 1. The molecule has 0 spiro atoms. The van der Waals surface area contributed by atoms with Crippen LogP contribution in [-0.2, 0) is 16.4 Å². The highest BCUT2D eigenvalue weighted by Gasteiger charge is 2.12. The van der Waals surface area contributed by atoms with Gasteiger partial charge in [-0.3, -0.25) is 4.68 Å². The smallest absolute Gasteiger partial charge is 0.365 e. The number of carboxylic acids is 1. The summed E-state index contributed by atoms with van der Waals surface area (Å²) >= 11 is 1.02. The lowest BCUT2D eigenvalue weighted by Gasteiger charge is -1.96. The number of carboxylic acid groups (broad SMARTS) is 1. The molecule has 2 aromatic heterocycles. The zero-order valence-electron chi connectivity index (χ0n) is 9.27. The van der Waals surface area contributed by atoms with E-state index in [0.717, 1.165) is 17.6 Å². The van der Waals surface area contributed by atoms with Crippen LogP contribution in [0.15, 0.2) is 22.7 Å². The van der Waals surface area contributed by atoms with Gasteiger partial charge in [-0.2, -0.15) is 5.10 Å². The van der Waals surface area contributed by atoms with E-state index in [2.05, 4.69) is 10.1 Å². The molecule has 2 aromatic rings. The molecule has 1 N–H and O–H groups in total. The highest BCUT2D eigenvalue weighted by molar-refractivity contribution is 7.90. The van der Waals surface area contributed by atoms with Crippen LogP contribution < -0.4 is 0 Å². The van der Waals surface area contributed by atoms with Crippen molar-refractivity contribution in [1.82, 2.24) is 14.8 Å². The van der Waals surface area contributed by atoms with Crippen LogP contribution >= 0.6 is 11.3 Å². The van der Waals surface area contributed by atoms with Crippen LogP contribution in [0, 0.1) is 0 Å². The monoisotopic (exact) mass is 287 g/mol. The number of nitrogens with zero attached hydrogens (tertiary/aromatic N) is 3. The third-order valence-electron chi connectivity index (χ3n) is 2.10. The number of thiazole rings is 1. The SMILES string of the molecule is CS(=O)(=O)c1cnn(Cc2csc(C(=O)O)n2)c1. The van der Waals surface area contributed by atoms with Crippen molar-refractivity contribution in [2.75, 3.05) is 6.26 Å². The summed E-state index contributed by atoms with van der Waals surface area (Å²) in [4.78, 5) is 14.7. The third-order valence-corrected chi connectivity index (χ3v) is 4.04. The van der Waals surface area contributed by atoms with Gasteiger partial charge in [-0.1, -0.05) is 0 Å². The minimum Gasteiger partial charge on any atom is -0.476 e. The molecule has 7 nitrogen and oxygen atoms in total. The summed E-state index contributed by atoms with van der Waals surface area (Å²) in [5.41, 5.74) is 0.528. The zero-order valence-corrected chi connectivity index (χ0v) is 10.9. The van der Waals surface area contributed by atoms with Gasteiger partial charge < -0.3 is 5.11 Å². The first-order valence-corrected chi connectivity index (χ1v) is 7.53. The van der Waals surface area contributed by atoms with Crippen molar-refractivity contribution >= 4 is 27.1 Å². The molecule has 2 heterocycles. The quantitative estimate of drug-likeness (QED) is 0.878. The molecular weight excluding hydrogens is 278 g/mol. The fourth-order valence-electron chi connectivity index (χ4n) is 1.27. The first-order valence-electron chi connectivity index (χ1n) is 4.76. The fourth-order valence-corrected chi connectivity index (χ4v) is 2.46. The topological polar surface area (TPSA) is 102 Å². The van der Waals surface area contributed by atoms with Gasteiger partial charge in [0.25, 0.3) is 0 Å². The van der Waals surface area contributed by atoms with Crippen LogP contribution in [-0.4, -0.2) is 40.5 Å². The van der Waals surface area contributed by atoms with Crippen LogP contribution in [0.3, 0.4) is 0 Å². The summed E-state index contributed by atoms with van der Waals surface area (Å²) < 4.78 is 23.9. The van der Waals surface area contributed by atoms with Gasteiger partial charge in [0.2, 0.25) is 5.01 Å². The molecule has 9 heteroatoms. The minimum absolute atomic E-state index is 0.000456. The van der Waals surface area contributed by atoms with Gasteiger partial charge in [0.05, 0.1) is 18.4 Å². The van der Waals surface area contributed by atoms with Crippen molar-refractivity contribution in [2.45, 2.75) is 11.4 Å². The molecule has 0 amide bonds. The Bertz CT molecular complexity index is 686. The highest BCUT2D eigenvalue weighted by atomic mass is 32.2. The van der Waals surface area contributed by atoms with E-state index in [4.69, 9.17) is 5.11 Å². The van der Waals surface area contributed by atoms with E-state index < -0.39 is 15.8 Å². The number of carbonyl (C=O) groups is 1. The molecule has 0 aliphatic rings. The minimum atomic E-state index is -3.28. The van der Waals surface area contributed by atoms with Crippen LogP contribution in [0.5, 0.6) is 0 Å². The summed E-state index contributed by atoms with van der Waals surface area (Å²) in [6.07, 6.45) is 3.73. The van der Waals surface area contributed by atoms with E-state index in [0.29, 0.717) is 5.69 Å². The summed E-state index contributed by atoms with van der Waals surface area (Å²) in [6, 6.07) is 0. The van der Waals surface area contributed by atoms with Gasteiger partial charge in [-0.25, -0.2) is 18.2 Å². The van der Waals surface area contributed by atoms with E-state index >= 15 is 0 Å². The van der Waals surface area contributed by atoms with E-state index in [1.807, 2.05) is 0 Å². The third kappa shape index (κ3) is 2.74. The van der Waals surface area contributed by atoms with Crippen molar-refractivity contribution in [2.24, 2.45) is 0 Å². The number of hydrogen-bond acceptors (Lipinski definition) is 6. The summed E-state index contributed by atoms with van der Waals surface area (Å²) in [5, 5.41) is 14.2. The van der Waals surface area contributed by atoms with Gasteiger partial charge in [-0.05, 0) is 0 Å². The maximum Gasteiger partial charge on any atom is 0.365 e. The lowest BCUT2D eigenvalue weighted by Crippen LogP contribution is -2.02. The molecule has 2 rings (SSSR count). The molecular formula is C9H9N3O4S2. The van der Waals surface area contributed by atoms with Gasteiger partial charge in [0, 0.05) is 17.8 Å². The van der Waals surface area contributed by atoms with Crippen LogP contribution in [0.4, 0.5) is 0 Å². The molecule has 0 unspecified atom stereocenters. The fraction of sp³-hybridized carbons (Fsp3) is 0.222. The van der Waals surface area contributed by atoms with Gasteiger partial charge in [-0.15, -0.1) is 11.3 Å². The Labute approximate surface area is 107 Å². The van der Waals surface area contributed by atoms with Crippen molar-refractivity contribution in [3.8, 4) is 0 Å². The molecule has 96 valence electrons. The maximum absolute atomic E-state index is 11.2. The largest absolute Gasteiger partial charge is 0.476 e. The Morgan fingerprint density at radius 1 is 1.56 bits per heavy atom. The molecule has 0 bridgehead atoms. The number of aromatic nitrogens is 3. The molecule has 0 aliphatic carbocycles. The van der Waals surface area contributed by atoms with Gasteiger partial charge in [0.15, 0.2) is 9.84 Å². The molecule has 18 heavy (non-hydrogen) atoms. The zero-order chi connectivity index (χ0) is 13.3. The Kier molecular flexibility index (Phi) is 3.18. The predicted molar refractivity (Wildman–Crippen MR) is 63.5 cm³/mol. The molecule has 0 radical (unpaired) electrons. The second-order valence-corrected chi connectivity index (χ2v) is 6.47. The number of sulfone groups is 1. The predicted octanol–water partition coefficient (Wildman–Crippen LogP) is 0.490. The van der Waals surface area contributed by atoms with Crippen LogP contribution in [0.2, 0.25) is 0 Å². The van der Waals surface area contributed by atoms with Crippen molar-refractivity contribution in [3.05, 3.63) is 28.5 Å². The van der Waals surface area contributed by atoms with Crippen LogP contribution in [0.1, 0.15) is 15.5 Å². The van der Waals surface area contributed by atoms with Crippen molar-refractivity contribution in [1.29, 1.82) is 0 Å². The maximum atomic E-state index is 11.2. The molecule has 0 fully saturated rings. The van der Waals surface area contributed by atoms with E-state index in [-0.39, 0.29) is 16.4 Å². The second-order valence-electron chi connectivity index (χ2n) is 3.59. The standard InChI is InChI=1S/C9H9N3O4S2/c1-18(15,16)7-2-10-12(4-7)3-6-5-17-8(11-6)9(13)14/h2,4-5H,3H2,1H3,(H,13,14). The molecule has 0 aliphatic heterocycles. The lowest BCUT2D eigenvalue weighted by molar-refractivity contribution is 0.0696. The average Bonchev–Trinajstić information content (AvgIpc) is 2.85. The van der Waals surface area contributed by atoms with Crippen molar-refractivity contribution < 1.29 is 18.3 Å². The van der Waals surface area contributed by atoms with E-state index in [1.54, 1.807) is 5.38 Å². The van der Waals surface area contributed by atoms with E-state index in [9.17, 15) is 13.2 Å². The first kappa shape index (κ1) is 12.7. The highest BCUT2D eigenvalue weighted by Crippen LogP contribution is 2.12. The number of aromatic carboxylic acids is 1. The lowest BCUT2D eigenvalue weighted by atomic mass is 10.5. The molecule has 0 atom stereocenters. The summed E-state index contributed by atoms with van der Waals surface area (Å²) in [5.74, 6) is -1.08. The Balaban J connectivity index is 2.19. The normalized spacial score (nSPS) is 11.6. The Morgan fingerprint density at radius 3 is 2.78 bits per heavy atom. The van der Waals surface area contributed by atoms with E-state index in [1.165, 1.54) is 17.1 Å². The van der Waals surface area contributed by atoms with Gasteiger partial charge >= 0.3 is 5.97 Å². The molecule has 0 saturated carbocycles. The van der Waals surface area contributed by atoms with Gasteiger partial charge in [0.1, 0.15) is 4.90 Å². The molecule has 0 aromatic carbocycles. The number of rotatable bonds is 4. The summed E-state index contributed by atoms with van der Waals surface area (Å²) in [7, 11) is -3.28. The van der Waals surface area contributed by atoms with Crippen LogP contribution in [0.25, 0.3) is 0 Å².